The molecule has 1 amide bonds. The molecule has 1 unspecified atom stereocenters. The number of carbonyl (C=O) groups is 1. The van der Waals surface area contributed by atoms with Crippen molar-refractivity contribution in [3.8, 4) is 17.6 Å². The summed E-state index contributed by atoms with van der Waals surface area (Å²) in [5, 5.41) is 5.50. The molecule has 4 aromatic rings. The molecule has 10 heteroatoms. The first-order chi connectivity index (χ1) is 18.2. The second-order valence-corrected chi connectivity index (χ2v) is 15.8. The fourth-order valence-electron chi connectivity index (χ4n) is 5.08. The summed E-state index contributed by atoms with van der Waals surface area (Å²) in [6.45, 7) is 10.6. The third kappa shape index (κ3) is 5.07. The van der Waals surface area contributed by atoms with Gasteiger partial charge in [-0.05, 0) is 51.7 Å². The van der Waals surface area contributed by atoms with Crippen LogP contribution in [0.4, 0.5) is 10.2 Å². The summed E-state index contributed by atoms with van der Waals surface area (Å²) in [6, 6.07) is 8.09. The third-order valence-electron chi connectivity index (χ3n) is 6.65. The van der Waals surface area contributed by atoms with E-state index in [1.54, 1.807) is 25.0 Å². The van der Waals surface area contributed by atoms with Gasteiger partial charge in [0, 0.05) is 36.7 Å². The lowest BCUT2D eigenvalue weighted by atomic mass is 10.0. The SMILES string of the molecule is CN(C(=O)c1cc2c(cc1F)nc(N)c1cnn(C)c12)C1COc2cc(C#CC(C)(C)O[Si](C)(C)C)ccc21. The van der Waals surface area contributed by atoms with Crippen molar-refractivity contribution >= 4 is 41.8 Å². The van der Waals surface area contributed by atoms with Crippen LogP contribution in [-0.4, -0.2) is 53.1 Å². The van der Waals surface area contributed by atoms with Crippen molar-refractivity contribution in [2.24, 2.45) is 7.05 Å². The number of amides is 1. The van der Waals surface area contributed by atoms with E-state index in [9.17, 15) is 4.79 Å². The summed E-state index contributed by atoms with van der Waals surface area (Å²) >= 11 is 0. The number of hydrogen-bond acceptors (Lipinski definition) is 6. The highest BCUT2D eigenvalue weighted by atomic mass is 28.4. The van der Waals surface area contributed by atoms with Gasteiger partial charge in [0.1, 0.15) is 29.6 Å². The lowest BCUT2D eigenvalue weighted by molar-refractivity contribution is 0.0704. The normalized spacial score (nSPS) is 15.1. The Kier molecular flexibility index (Phi) is 6.40. The lowest BCUT2D eigenvalue weighted by Crippen LogP contribution is -2.37. The first-order valence-corrected chi connectivity index (χ1v) is 16.1. The second-order valence-electron chi connectivity index (χ2n) is 11.3. The molecule has 0 aliphatic carbocycles. The van der Waals surface area contributed by atoms with E-state index >= 15 is 4.39 Å². The van der Waals surface area contributed by atoms with Crippen LogP contribution in [0.15, 0.2) is 36.5 Å². The fraction of sp³-hybridized carbons (Fsp3) is 0.345. The standard InChI is InChI=1S/C29H32FN5O3Si/c1-29(2,38-39(5,6)7)11-10-17-8-9-18-24(16-37-25(18)12-17)34(3)28(36)19-13-20-23(14-22(19)30)33-27(31)21-15-32-35(4)26(20)21/h8-9,12-15,24H,16H2,1-7H3,(H2,31,33). The van der Waals surface area contributed by atoms with Crippen molar-refractivity contribution in [3.63, 3.8) is 0 Å². The van der Waals surface area contributed by atoms with Gasteiger partial charge in [0.2, 0.25) is 0 Å². The van der Waals surface area contributed by atoms with Crippen molar-refractivity contribution < 1.29 is 18.3 Å². The molecular weight excluding hydrogens is 513 g/mol. The number of nitrogens with two attached hydrogens (primary N) is 1. The molecule has 2 N–H and O–H groups in total. The van der Waals surface area contributed by atoms with Crippen LogP contribution in [0.25, 0.3) is 21.8 Å². The Morgan fingerprint density at radius 3 is 2.72 bits per heavy atom. The molecule has 202 valence electrons. The number of aromatic nitrogens is 3. The maximum absolute atomic E-state index is 15.2. The number of benzene rings is 2. The van der Waals surface area contributed by atoms with Gasteiger partial charge in [-0.2, -0.15) is 5.10 Å². The number of halogens is 1. The Balaban J connectivity index is 1.43. The van der Waals surface area contributed by atoms with Crippen molar-refractivity contribution in [1.29, 1.82) is 0 Å². The fourth-order valence-corrected chi connectivity index (χ4v) is 6.66. The third-order valence-corrected chi connectivity index (χ3v) is 7.78. The molecule has 2 aromatic heterocycles. The van der Waals surface area contributed by atoms with Gasteiger partial charge in [0.05, 0.1) is 34.2 Å². The predicted molar refractivity (Wildman–Crippen MR) is 153 cm³/mol. The summed E-state index contributed by atoms with van der Waals surface area (Å²) in [5.74, 6) is 6.20. The minimum absolute atomic E-state index is 0.0559. The van der Waals surface area contributed by atoms with Crippen LogP contribution in [0, 0.1) is 17.7 Å². The molecule has 1 aliphatic rings. The van der Waals surface area contributed by atoms with E-state index in [1.807, 2.05) is 32.0 Å². The largest absolute Gasteiger partial charge is 0.491 e. The van der Waals surface area contributed by atoms with E-state index in [2.05, 4.69) is 41.6 Å². The molecule has 2 aromatic carbocycles. The molecule has 0 saturated carbocycles. The molecule has 0 bridgehead atoms. The number of likely N-dealkylation sites (N-methyl/N-ethyl adjacent to an activating group) is 1. The number of ether oxygens (including phenoxy) is 1. The summed E-state index contributed by atoms with van der Waals surface area (Å²) < 4.78 is 28.9. The van der Waals surface area contributed by atoms with Crippen LogP contribution in [0.5, 0.6) is 5.75 Å². The Morgan fingerprint density at radius 1 is 1.26 bits per heavy atom. The number of nitrogens with zero attached hydrogens (tertiary/aromatic N) is 4. The zero-order chi connectivity index (χ0) is 28.3. The average Bonchev–Trinajstić information content (AvgIpc) is 3.44. The molecule has 0 spiro atoms. The van der Waals surface area contributed by atoms with Crippen molar-refractivity contribution in [1.82, 2.24) is 19.7 Å². The Hall–Kier alpha value is -3.94. The maximum atomic E-state index is 15.2. The van der Waals surface area contributed by atoms with Crippen LogP contribution < -0.4 is 10.5 Å². The Morgan fingerprint density at radius 2 is 2.00 bits per heavy atom. The predicted octanol–water partition coefficient (Wildman–Crippen LogP) is 5.03. The summed E-state index contributed by atoms with van der Waals surface area (Å²) in [4.78, 5) is 19.4. The number of rotatable bonds is 4. The number of pyridine rings is 1. The van der Waals surface area contributed by atoms with E-state index in [0.717, 1.165) is 11.1 Å². The quantitative estimate of drug-likeness (QED) is 0.286. The number of fused-ring (bicyclic) bond motifs is 4. The second kappa shape index (κ2) is 9.36. The van der Waals surface area contributed by atoms with Gasteiger partial charge in [-0.1, -0.05) is 17.9 Å². The van der Waals surface area contributed by atoms with E-state index in [4.69, 9.17) is 14.9 Å². The van der Waals surface area contributed by atoms with Crippen LogP contribution in [0.3, 0.4) is 0 Å². The number of anilines is 1. The van der Waals surface area contributed by atoms with Gasteiger partial charge in [0.15, 0.2) is 8.32 Å². The average molecular weight is 546 g/mol. The monoisotopic (exact) mass is 545 g/mol. The summed E-state index contributed by atoms with van der Waals surface area (Å²) in [7, 11) is 1.67. The van der Waals surface area contributed by atoms with E-state index in [-0.39, 0.29) is 24.0 Å². The van der Waals surface area contributed by atoms with Gasteiger partial charge in [-0.15, -0.1) is 0 Å². The zero-order valence-electron chi connectivity index (χ0n) is 23.2. The lowest BCUT2D eigenvalue weighted by Gasteiger charge is -2.28. The van der Waals surface area contributed by atoms with Gasteiger partial charge in [-0.25, -0.2) is 9.37 Å². The van der Waals surface area contributed by atoms with E-state index in [1.165, 1.54) is 17.0 Å². The molecule has 1 aliphatic heterocycles. The number of hydrogen-bond donors (Lipinski definition) is 1. The number of nitrogen functional groups attached to an aromatic ring is 1. The molecule has 5 rings (SSSR count). The zero-order valence-corrected chi connectivity index (χ0v) is 24.2. The van der Waals surface area contributed by atoms with Crippen molar-refractivity contribution in [2.45, 2.75) is 45.1 Å². The van der Waals surface area contributed by atoms with Gasteiger partial charge in [0.25, 0.3) is 5.91 Å². The molecule has 8 nitrogen and oxygen atoms in total. The summed E-state index contributed by atoms with van der Waals surface area (Å²) in [5.41, 5.74) is 8.12. The highest BCUT2D eigenvalue weighted by molar-refractivity contribution is 6.69. The Bertz CT molecular complexity index is 1700. The minimum atomic E-state index is -1.75. The molecule has 0 fully saturated rings. The van der Waals surface area contributed by atoms with Crippen molar-refractivity contribution in [2.75, 3.05) is 19.4 Å². The van der Waals surface area contributed by atoms with E-state index < -0.39 is 25.6 Å². The maximum Gasteiger partial charge on any atom is 0.257 e. The molecular formula is C29H32FN5O3Si. The minimum Gasteiger partial charge on any atom is -0.491 e. The smallest absolute Gasteiger partial charge is 0.257 e. The van der Waals surface area contributed by atoms with Crippen LogP contribution in [0.2, 0.25) is 19.6 Å². The van der Waals surface area contributed by atoms with Crippen LogP contribution in [0.1, 0.15) is 41.4 Å². The summed E-state index contributed by atoms with van der Waals surface area (Å²) in [6.07, 6.45) is 1.61. The molecule has 39 heavy (non-hydrogen) atoms. The van der Waals surface area contributed by atoms with Gasteiger partial charge < -0.3 is 19.8 Å². The van der Waals surface area contributed by atoms with Crippen LogP contribution in [-0.2, 0) is 11.5 Å². The molecule has 3 heterocycles. The van der Waals surface area contributed by atoms with Gasteiger partial charge in [-0.3, -0.25) is 9.48 Å². The van der Waals surface area contributed by atoms with E-state index in [0.29, 0.717) is 27.6 Å². The van der Waals surface area contributed by atoms with Crippen LogP contribution >= 0.6 is 0 Å². The number of aryl methyl sites for hydroxylation is 1. The number of carbonyl (C=O) groups excluding carboxylic acids is 1. The highest BCUT2D eigenvalue weighted by Crippen LogP contribution is 2.37. The first-order valence-electron chi connectivity index (χ1n) is 12.7. The highest BCUT2D eigenvalue weighted by Gasteiger charge is 2.32. The Labute approximate surface area is 228 Å². The van der Waals surface area contributed by atoms with Crippen molar-refractivity contribution in [3.05, 3.63) is 59.0 Å². The first kappa shape index (κ1) is 26.7. The molecule has 1 atom stereocenters. The topological polar surface area (TPSA) is 95.5 Å². The van der Waals surface area contributed by atoms with Gasteiger partial charge >= 0.3 is 0 Å². The molecule has 0 saturated heterocycles. The molecule has 0 radical (unpaired) electrons.